The zero-order chi connectivity index (χ0) is 17.3. The van der Waals surface area contributed by atoms with E-state index >= 15 is 0 Å². The highest BCUT2D eigenvalue weighted by atomic mass is 32.2. The zero-order valence-electron chi connectivity index (χ0n) is 13.2. The van der Waals surface area contributed by atoms with Crippen molar-refractivity contribution in [3.63, 3.8) is 0 Å². The highest BCUT2D eigenvalue weighted by molar-refractivity contribution is 7.84. The second-order valence-corrected chi connectivity index (χ2v) is 7.26. The van der Waals surface area contributed by atoms with Crippen molar-refractivity contribution in [1.29, 1.82) is 0 Å². The van der Waals surface area contributed by atoms with Crippen LogP contribution in [0, 0.1) is 11.6 Å². The molecule has 2 aromatic carbocycles. The summed E-state index contributed by atoms with van der Waals surface area (Å²) in [6, 6.07) is 10.1. The van der Waals surface area contributed by atoms with Gasteiger partial charge in [0.1, 0.15) is 11.6 Å². The van der Waals surface area contributed by atoms with Crippen LogP contribution in [0.3, 0.4) is 0 Å². The Kier molecular flexibility index (Phi) is 4.76. The third-order valence-electron chi connectivity index (χ3n) is 4.04. The molecule has 0 saturated heterocycles. The smallest absolute Gasteiger partial charge is 0.254 e. The van der Waals surface area contributed by atoms with Crippen LogP contribution >= 0.6 is 0 Å². The summed E-state index contributed by atoms with van der Waals surface area (Å²) in [5, 5.41) is 0. The van der Waals surface area contributed by atoms with Gasteiger partial charge in [0, 0.05) is 51.7 Å². The van der Waals surface area contributed by atoms with Crippen LogP contribution in [0.4, 0.5) is 8.78 Å². The molecular formula is C18H17F2NO2S. The predicted molar refractivity (Wildman–Crippen MR) is 88.0 cm³/mol. The highest BCUT2D eigenvalue weighted by Gasteiger charge is 2.33. The molecule has 1 unspecified atom stereocenters. The fourth-order valence-electron chi connectivity index (χ4n) is 2.54. The van der Waals surface area contributed by atoms with E-state index in [0.717, 1.165) is 18.9 Å². The maximum Gasteiger partial charge on any atom is 0.254 e. The van der Waals surface area contributed by atoms with Gasteiger partial charge in [-0.15, -0.1) is 0 Å². The van der Waals surface area contributed by atoms with E-state index in [2.05, 4.69) is 0 Å². The van der Waals surface area contributed by atoms with Crippen LogP contribution in [0.25, 0.3) is 0 Å². The van der Waals surface area contributed by atoms with Crippen LogP contribution in [0.1, 0.15) is 28.8 Å². The molecule has 0 radical (unpaired) electrons. The van der Waals surface area contributed by atoms with Crippen LogP contribution < -0.4 is 0 Å². The number of halogens is 2. The molecule has 6 heteroatoms. The predicted octanol–water partition coefficient (Wildman–Crippen LogP) is 3.51. The largest absolute Gasteiger partial charge is 0.331 e. The Morgan fingerprint density at radius 2 is 1.83 bits per heavy atom. The summed E-state index contributed by atoms with van der Waals surface area (Å²) in [5.74, 6) is -1.48. The van der Waals surface area contributed by atoms with Gasteiger partial charge in [-0.3, -0.25) is 9.00 Å². The van der Waals surface area contributed by atoms with Crippen LogP contribution in [0.15, 0.2) is 47.4 Å². The van der Waals surface area contributed by atoms with Crippen molar-refractivity contribution >= 4 is 16.7 Å². The molecular weight excluding hydrogens is 332 g/mol. The zero-order valence-corrected chi connectivity index (χ0v) is 14.0. The molecule has 126 valence electrons. The van der Waals surface area contributed by atoms with Crippen molar-refractivity contribution in [2.45, 2.75) is 30.3 Å². The molecule has 1 saturated carbocycles. The van der Waals surface area contributed by atoms with E-state index in [1.165, 1.54) is 12.1 Å². The van der Waals surface area contributed by atoms with Gasteiger partial charge >= 0.3 is 0 Å². The number of hydrogen-bond acceptors (Lipinski definition) is 2. The topological polar surface area (TPSA) is 37.4 Å². The van der Waals surface area contributed by atoms with E-state index in [9.17, 15) is 17.8 Å². The maximum absolute atomic E-state index is 13.9. The van der Waals surface area contributed by atoms with Crippen molar-refractivity contribution in [2.24, 2.45) is 0 Å². The van der Waals surface area contributed by atoms with Crippen molar-refractivity contribution in [1.82, 2.24) is 4.90 Å². The Balaban J connectivity index is 1.82. The molecule has 3 rings (SSSR count). The van der Waals surface area contributed by atoms with Gasteiger partial charge in [0.05, 0.1) is 0 Å². The van der Waals surface area contributed by atoms with Crippen molar-refractivity contribution in [2.75, 3.05) is 6.26 Å². The molecule has 1 aliphatic rings. The van der Waals surface area contributed by atoms with Crippen LogP contribution in [-0.4, -0.2) is 27.3 Å². The Morgan fingerprint density at radius 1 is 1.17 bits per heavy atom. The van der Waals surface area contributed by atoms with Crippen LogP contribution in [-0.2, 0) is 17.3 Å². The summed E-state index contributed by atoms with van der Waals surface area (Å²) in [6.07, 6.45) is 3.34. The Bertz CT molecular complexity index is 788. The second-order valence-electron chi connectivity index (χ2n) is 5.88. The van der Waals surface area contributed by atoms with Crippen LogP contribution in [0.5, 0.6) is 0 Å². The number of carbonyl (C=O) groups is 1. The average Bonchev–Trinajstić information content (AvgIpc) is 3.38. The molecule has 0 N–H and O–H groups in total. The van der Waals surface area contributed by atoms with E-state index in [4.69, 9.17) is 0 Å². The first-order chi connectivity index (χ1) is 11.5. The molecule has 0 bridgehead atoms. The first-order valence-electron chi connectivity index (χ1n) is 7.64. The van der Waals surface area contributed by atoms with E-state index in [1.54, 1.807) is 35.4 Å². The summed E-state index contributed by atoms with van der Waals surface area (Å²) in [4.78, 5) is 15.0. The number of amides is 1. The van der Waals surface area contributed by atoms with E-state index in [-0.39, 0.29) is 18.5 Å². The SMILES string of the molecule is CS(=O)c1ccc(C(=O)N(Cc2ccc(F)cc2F)C2CC2)cc1. The normalized spacial score (nSPS) is 15.1. The molecule has 1 aliphatic carbocycles. The number of carbonyl (C=O) groups excluding carboxylic acids is 1. The molecule has 0 aromatic heterocycles. The third kappa shape index (κ3) is 3.70. The Labute approximate surface area is 141 Å². The molecule has 24 heavy (non-hydrogen) atoms. The molecule has 0 spiro atoms. The van der Waals surface area contributed by atoms with Gasteiger partial charge in [0.15, 0.2) is 0 Å². The van der Waals surface area contributed by atoms with E-state index < -0.39 is 22.4 Å². The summed E-state index contributed by atoms with van der Waals surface area (Å²) >= 11 is 0. The summed E-state index contributed by atoms with van der Waals surface area (Å²) in [7, 11) is -1.10. The fraction of sp³-hybridized carbons (Fsp3) is 0.278. The lowest BCUT2D eigenvalue weighted by molar-refractivity contribution is 0.0728. The monoisotopic (exact) mass is 349 g/mol. The first-order valence-corrected chi connectivity index (χ1v) is 9.20. The first kappa shape index (κ1) is 16.8. The van der Waals surface area contributed by atoms with Gasteiger partial charge in [-0.25, -0.2) is 8.78 Å². The highest BCUT2D eigenvalue weighted by Crippen LogP contribution is 2.30. The molecule has 0 heterocycles. The number of rotatable bonds is 5. The van der Waals surface area contributed by atoms with Gasteiger partial charge in [0.2, 0.25) is 0 Å². The summed E-state index contributed by atoms with van der Waals surface area (Å²) in [5.41, 5.74) is 0.765. The van der Waals surface area contributed by atoms with Gasteiger partial charge in [-0.1, -0.05) is 6.07 Å². The summed E-state index contributed by atoms with van der Waals surface area (Å²) < 4.78 is 38.4. The van der Waals surface area contributed by atoms with Gasteiger partial charge < -0.3 is 4.90 Å². The molecule has 2 aromatic rings. The van der Waals surface area contributed by atoms with Crippen LogP contribution in [0.2, 0.25) is 0 Å². The molecule has 1 amide bonds. The lowest BCUT2D eigenvalue weighted by atomic mass is 10.1. The van der Waals surface area contributed by atoms with E-state index in [1.807, 2.05) is 0 Å². The van der Waals surface area contributed by atoms with Gasteiger partial charge in [-0.2, -0.15) is 0 Å². The minimum Gasteiger partial charge on any atom is -0.331 e. The Morgan fingerprint density at radius 3 is 2.38 bits per heavy atom. The number of hydrogen-bond donors (Lipinski definition) is 0. The lowest BCUT2D eigenvalue weighted by Crippen LogP contribution is -2.33. The Hall–Kier alpha value is -2.08. The third-order valence-corrected chi connectivity index (χ3v) is 4.97. The quantitative estimate of drug-likeness (QED) is 0.828. The van der Waals surface area contributed by atoms with Crippen molar-refractivity contribution < 1.29 is 17.8 Å². The maximum atomic E-state index is 13.9. The standard InChI is InChI=1S/C18H17F2NO2S/c1-24(23)16-8-3-12(4-9-16)18(22)21(15-6-7-15)11-13-2-5-14(19)10-17(13)20/h2-5,8-10,15H,6-7,11H2,1H3. The number of benzene rings is 2. The van der Waals surface area contributed by atoms with Crippen molar-refractivity contribution in [3.8, 4) is 0 Å². The molecule has 1 fully saturated rings. The van der Waals surface area contributed by atoms with Gasteiger partial charge in [0.25, 0.3) is 5.91 Å². The fourth-order valence-corrected chi connectivity index (χ4v) is 3.06. The van der Waals surface area contributed by atoms with Gasteiger partial charge in [-0.05, 0) is 43.2 Å². The van der Waals surface area contributed by atoms with E-state index in [0.29, 0.717) is 16.0 Å². The summed E-state index contributed by atoms with van der Waals surface area (Å²) in [6.45, 7) is 0.108. The minimum atomic E-state index is -1.10. The molecule has 3 nitrogen and oxygen atoms in total. The molecule has 0 aliphatic heterocycles. The lowest BCUT2D eigenvalue weighted by Gasteiger charge is -2.23. The minimum absolute atomic E-state index is 0.0851. The number of nitrogens with zero attached hydrogens (tertiary/aromatic N) is 1. The second kappa shape index (κ2) is 6.81. The average molecular weight is 349 g/mol. The van der Waals surface area contributed by atoms with Crippen molar-refractivity contribution in [3.05, 3.63) is 65.2 Å². The molecule has 1 atom stereocenters.